The quantitative estimate of drug-likeness (QED) is 0.0158. The van der Waals surface area contributed by atoms with Gasteiger partial charge >= 0.3 is 5.97 Å². The highest BCUT2D eigenvalue weighted by atomic mass is 35.5. The van der Waals surface area contributed by atoms with E-state index in [2.05, 4.69) is 6.92 Å². The first-order chi connectivity index (χ1) is 56.8. The van der Waals surface area contributed by atoms with Crippen molar-refractivity contribution in [3.63, 3.8) is 0 Å². The number of rotatable bonds is 43. The van der Waals surface area contributed by atoms with Crippen molar-refractivity contribution in [2.45, 2.75) is 145 Å². The van der Waals surface area contributed by atoms with Gasteiger partial charge in [0.1, 0.15) is 11.0 Å². The summed E-state index contributed by atoms with van der Waals surface area (Å²) in [5.41, 5.74) is -8.89. The predicted octanol–water partition coefficient (Wildman–Crippen LogP) is 25.1. The summed E-state index contributed by atoms with van der Waals surface area (Å²) in [6.07, 6.45) is 12.3. The first kappa shape index (κ1) is 83.5. The Morgan fingerprint density at radius 3 is 0.750 bits per heavy atom. The normalized spacial score (nSPS) is 14.7. The van der Waals surface area contributed by atoms with Gasteiger partial charge in [-0.1, -0.05) is 454 Å². The first-order valence-corrected chi connectivity index (χ1v) is 41.4. The number of carbonyl (C=O) groups is 8. The van der Waals surface area contributed by atoms with Crippen LogP contribution < -0.4 is 0 Å². The number of esters is 1. The highest BCUT2D eigenvalue weighted by Crippen LogP contribution is 2.77. The molecule has 0 fully saturated rings. The molecule has 0 N–H and O–H groups in total. The van der Waals surface area contributed by atoms with Crippen LogP contribution in [-0.4, -0.2) is 51.5 Å². The van der Waals surface area contributed by atoms with Gasteiger partial charge in [-0.15, -0.1) is 0 Å². The molecule has 12 aromatic rings. The molecule has 12 rings (SSSR count). The molecule has 0 amide bonds. The third-order valence-electron chi connectivity index (χ3n) is 23.6. The van der Waals surface area contributed by atoms with E-state index in [1.807, 2.05) is 36.4 Å². The number of hydrogen-bond donors (Lipinski definition) is 0. The minimum atomic E-state index is -3.60. The average molecular weight is 1550 g/mol. The Bertz CT molecular complexity index is 4950. The van der Waals surface area contributed by atoms with Gasteiger partial charge in [-0.25, -0.2) is 0 Å². The summed E-state index contributed by atoms with van der Waals surface area (Å²) in [5, 5.41) is -1.47. The van der Waals surface area contributed by atoms with Gasteiger partial charge in [0.05, 0.1) is 35.5 Å². The molecule has 9 nitrogen and oxygen atoms in total. The highest BCUT2D eigenvalue weighted by molar-refractivity contribution is 6.65. The van der Waals surface area contributed by atoms with E-state index >= 15 is 38.4 Å². The molecule has 0 aromatic heterocycles. The predicted molar refractivity (Wildman–Crippen MR) is 464 cm³/mol. The monoisotopic (exact) mass is 1550 g/mol. The van der Waals surface area contributed by atoms with E-state index < -0.39 is 104 Å². The maximum absolute atomic E-state index is 19.2. The van der Waals surface area contributed by atoms with Crippen molar-refractivity contribution in [2.24, 2.45) is 16.7 Å². The third-order valence-corrected chi connectivity index (χ3v) is 23.9. The molecule has 0 saturated carbocycles. The molecule has 0 radical (unpaired) electrons. The zero-order chi connectivity index (χ0) is 81.1. The molecule has 8 unspecified atom stereocenters. The topological polar surface area (TPSA) is 146 Å². The standard InChI is InChI=1S/C106H101ClO9/c1-3-4-5-6-7-8-9-10-11-12-13-14-51-76-90(91(78-52-27-15-28-53-78)97(109)84-64-39-21-40-65-84)104(92(79-54-29-16-30-55-79)98(110)85-66-41-22-42-67-85,93(80-56-31-17-32-57-80)99(111)86-68-43-23-44-69-86)106(116-77(2)108,96(83-62-37-20-38-63-83)102(114)89-74-49-26-50-75-89)105(103(107)115,94(81-58-33-18-34-59-81)100(112)87-70-45-24-46-71-87)95(82-60-35-19-36-61-82)101(113)88-72-47-25-48-73-88/h15-50,52-75,90-96H,3-14,51,76H2,1-2H3. The van der Waals surface area contributed by atoms with E-state index in [0.29, 0.717) is 18.4 Å². The Hall–Kier alpha value is -11.9. The lowest BCUT2D eigenvalue weighted by Gasteiger charge is -2.69. The molecule has 0 spiro atoms. The van der Waals surface area contributed by atoms with Gasteiger partial charge in [0.15, 0.2) is 34.7 Å². The first-order valence-electron chi connectivity index (χ1n) is 41.1. The second-order valence-electron chi connectivity index (χ2n) is 30.5. The van der Waals surface area contributed by atoms with Crippen LogP contribution in [0.25, 0.3) is 0 Å². The lowest BCUT2D eigenvalue weighted by Crippen LogP contribution is -2.78. The number of hydrogen-bond acceptors (Lipinski definition) is 9. The Morgan fingerprint density at radius 1 is 0.267 bits per heavy atom. The number of ether oxygens (including phenoxy) is 1. The van der Waals surface area contributed by atoms with E-state index in [4.69, 9.17) is 16.3 Å². The van der Waals surface area contributed by atoms with E-state index in [1.54, 1.807) is 328 Å². The van der Waals surface area contributed by atoms with Crippen molar-refractivity contribution in [1.29, 1.82) is 0 Å². The molecule has 586 valence electrons. The zero-order valence-electron chi connectivity index (χ0n) is 66.1. The van der Waals surface area contributed by atoms with Crippen molar-refractivity contribution in [2.75, 3.05) is 0 Å². The summed E-state index contributed by atoms with van der Waals surface area (Å²) >= 11 is 8.72. The fourth-order valence-electron chi connectivity index (χ4n) is 18.8. The summed E-state index contributed by atoms with van der Waals surface area (Å²) in [6, 6.07) is 103. The largest absolute Gasteiger partial charge is 0.456 e. The van der Waals surface area contributed by atoms with Crippen molar-refractivity contribution in [3.8, 4) is 0 Å². The minimum Gasteiger partial charge on any atom is -0.456 e. The molecule has 10 heteroatoms. The molecular formula is C106H101ClO9. The lowest BCUT2D eigenvalue weighted by molar-refractivity contribution is -0.239. The number of Topliss-reactive ketones (excluding diaryl/α,β-unsaturated/α-hetero) is 6. The molecule has 0 saturated heterocycles. The molecule has 0 aliphatic rings. The zero-order valence-corrected chi connectivity index (χ0v) is 66.9. The smallest absolute Gasteiger partial charge is 0.303 e. The molecule has 116 heavy (non-hydrogen) atoms. The molecule has 0 bridgehead atoms. The van der Waals surface area contributed by atoms with Gasteiger partial charge in [-0.05, 0) is 57.3 Å². The fraction of sp³-hybridized carbons (Fsp3) is 0.245. The van der Waals surface area contributed by atoms with E-state index in [-0.39, 0.29) is 74.0 Å². The maximum Gasteiger partial charge on any atom is 0.303 e. The number of halogens is 1. The summed E-state index contributed by atoms with van der Waals surface area (Å²) in [5.74, 6) is -20.0. The van der Waals surface area contributed by atoms with Crippen LogP contribution in [0.3, 0.4) is 0 Å². The molecule has 8 atom stereocenters. The fourth-order valence-corrected chi connectivity index (χ4v) is 19.2. The maximum atomic E-state index is 19.2. The lowest BCUT2D eigenvalue weighted by atomic mass is 9.33. The SMILES string of the molecule is CCCCCCCCCCCCCCCC(C(C(=O)c1ccccc1)c1ccccc1)C(C(C(=O)c1ccccc1)c1ccccc1)(C(C(=O)c1ccccc1)c1ccccc1)C(OC(C)=O)(C(C(=O)c1ccccc1)c1ccccc1)C(C(=O)Cl)(C(C(=O)c1ccccc1)c1ccccc1)C(C(=O)c1ccccc1)c1ccccc1. The highest BCUT2D eigenvalue weighted by Gasteiger charge is 2.85. The van der Waals surface area contributed by atoms with Gasteiger partial charge in [-0.3, -0.25) is 38.4 Å². The Morgan fingerprint density at radius 2 is 0.483 bits per heavy atom. The van der Waals surface area contributed by atoms with E-state index in [9.17, 15) is 0 Å². The Balaban J connectivity index is 1.46. The van der Waals surface area contributed by atoms with Gasteiger partial charge < -0.3 is 4.74 Å². The van der Waals surface area contributed by atoms with Gasteiger partial charge in [0.2, 0.25) is 5.24 Å². The number of unbranched alkanes of at least 4 members (excludes halogenated alkanes) is 12. The van der Waals surface area contributed by atoms with Crippen LogP contribution in [0.5, 0.6) is 0 Å². The van der Waals surface area contributed by atoms with Crippen LogP contribution in [-0.2, 0) is 14.3 Å². The van der Waals surface area contributed by atoms with Crippen molar-refractivity contribution < 1.29 is 43.1 Å². The summed E-state index contributed by atoms with van der Waals surface area (Å²) in [6.45, 7) is 3.38. The summed E-state index contributed by atoms with van der Waals surface area (Å²) in [7, 11) is 0. The molecule has 12 aromatic carbocycles. The number of benzene rings is 12. The van der Waals surface area contributed by atoms with Crippen LogP contribution in [0.4, 0.5) is 0 Å². The van der Waals surface area contributed by atoms with Crippen molar-refractivity contribution >= 4 is 57.5 Å². The van der Waals surface area contributed by atoms with Crippen molar-refractivity contribution in [1.82, 2.24) is 0 Å². The van der Waals surface area contributed by atoms with Crippen LogP contribution in [0, 0.1) is 16.7 Å². The summed E-state index contributed by atoms with van der Waals surface area (Å²) < 4.78 is 8.53. The van der Waals surface area contributed by atoms with Gasteiger partial charge in [0.25, 0.3) is 0 Å². The third kappa shape index (κ3) is 18.1. The van der Waals surface area contributed by atoms with E-state index in [1.165, 1.54) is 32.1 Å². The Kier molecular flexibility index (Phi) is 29.4. The summed E-state index contributed by atoms with van der Waals surface area (Å²) in [4.78, 5) is 149. The number of carbonyl (C=O) groups excluding carboxylic acids is 8. The van der Waals surface area contributed by atoms with Crippen LogP contribution in [0.2, 0.25) is 0 Å². The van der Waals surface area contributed by atoms with Gasteiger partial charge in [-0.2, -0.15) is 0 Å². The second kappa shape index (κ2) is 40.9. The van der Waals surface area contributed by atoms with Gasteiger partial charge in [0, 0.05) is 45.7 Å². The van der Waals surface area contributed by atoms with Crippen LogP contribution in [0.15, 0.2) is 364 Å². The Labute approximate surface area is 688 Å². The van der Waals surface area contributed by atoms with E-state index in [0.717, 1.165) is 39.0 Å². The molecular weight excluding hydrogens is 1450 g/mol. The second-order valence-corrected chi connectivity index (χ2v) is 30.9. The van der Waals surface area contributed by atoms with Crippen LogP contribution >= 0.6 is 11.6 Å². The molecule has 0 heterocycles. The van der Waals surface area contributed by atoms with Crippen LogP contribution in [0.1, 0.15) is 235 Å². The molecule has 0 aliphatic heterocycles. The minimum absolute atomic E-state index is 0.000437. The van der Waals surface area contributed by atoms with Crippen molar-refractivity contribution in [3.05, 3.63) is 431 Å². The number of ketones is 6. The molecule has 0 aliphatic carbocycles. The average Bonchev–Trinajstić information content (AvgIpc) is 0.646.